The average molecular weight is 595 g/mol. The SMILES string of the molecule is NC(Cc1ccc(O)cc1)C(=O)NC(Cc1ccccc1)C(=O)NC(CCC(=O)O)C(=O)NC(Cc1cnc[nH]1)C(=O)O. The smallest absolute Gasteiger partial charge is 0.326 e. The Hall–Kier alpha value is -5.24. The average Bonchev–Trinajstić information content (AvgIpc) is 3.49. The van der Waals surface area contributed by atoms with E-state index in [1.807, 2.05) is 0 Å². The fourth-order valence-corrected chi connectivity index (χ4v) is 4.21. The van der Waals surface area contributed by atoms with Crippen LogP contribution in [0.3, 0.4) is 0 Å². The van der Waals surface area contributed by atoms with Crippen molar-refractivity contribution >= 4 is 29.7 Å². The summed E-state index contributed by atoms with van der Waals surface area (Å²) in [5.74, 6) is -4.87. The van der Waals surface area contributed by atoms with Crippen molar-refractivity contribution in [2.24, 2.45) is 5.73 Å². The number of aromatic nitrogens is 2. The maximum Gasteiger partial charge on any atom is 0.326 e. The number of benzene rings is 2. The largest absolute Gasteiger partial charge is 0.508 e. The van der Waals surface area contributed by atoms with E-state index < -0.39 is 60.2 Å². The van der Waals surface area contributed by atoms with Crippen LogP contribution in [0.4, 0.5) is 0 Å². The molecule has 2 aromatic carbocycles. The summed E-state index contributed by atoms with van der Waals surface area (Å²) in [6.45, 7) is 0. The molecule has 0 aliphatic rings. The molecule has 43 heavy (non-hydrogen) atoms. The molecule has 0 bridgehead atoms. The minimum Gasteiger partial charge on any atom is -0.508 e. The number of aromatic hydroxyl groups is 1. The Balaban J connectivity index is 1.76. The highest BCUT2D eigenvalue weighted by atomic mass is 16.4. The first-order chi connectivity index (χ1) is 20.5. The van der Waals surface area contributed by atoms with Crippen molar-refractivity contribution in [3.05, 3.63) is 83.9 Å². The van der Waals surface area contributed by atoms with E-state index in [1.54, 1.807) is 42.5 Å². The Morgan fingerprint density at radius 2 is 1.37 bits per heavy atom. The van der Waals surface area contributed by atoms with Crippen LogP contribution in [-0.2, 0) is 43.2 Å². The van der Waals surface area contributed by atoms with Crippen LogP contribution in [0.5, 0.6) is 5.75 Å². The summed E-state index contributed by atoms with van der Waals surface area (Å²) < 4.78 is 0. The maximum absolute atomic E-state index is 13.5. The lowest BCUT2D eigenvalue weighted by atomic mass is 10.0. The van der Waals surface area contributed by atoms with E-state index in [0.29, 0.717) is 16.8 Å². The highest BCUT2D eigenvalue weighted by Gasteiger charge is 2.31. The first-order valence-corrected chi connectivity index (χ1v) is 13.4. The Labute approximate surface area is 246 Å². The number of phenolic OH excluding ortho intramolecular Hbond substituents is 1. The molecule has 0 fully saturated rings. The number of amides is 3. The minimum absolute atomic E-state index is 0.0230. The lowest BCUT2D eigenvalue weighted by molar-refractivity contribution is -0.143. The number of rotatable bonds is 16. The number of aromatic amines is 1. The molecular formula is C29H34N6O8. The third-order valence-electron chi connectivity index (χ3n) is 6.52. The molecule has 14 heteroatoms. The van der Waals surface area contributed by atoms with Gasteiger partial charge < -0.3 is 42.0 Å². The fourth-order valence-electron chi connectivity index (χ4n) is 4.21. The number of nitrogens with two attached hydrogens (primary N) is 1. The molecule has 0 saturated heterocycles. The van der Waals surface area contributed by atoms with Crippen LogP contribution in [0.1, 0.15) is 29.7 Å². The second-order valence-corrected chi connectivity index (χ2v) is 9.90. The Kier molecular flexibility index (Phi) is 11.8. The molecule has 1 aromatic heterocycles. The number of imidazole rings is 1. The summed E-state index contributed by atoms with van der Waals surface area (Å²) in [4.78, 5) is 69.3. The molecule has 14 nitrogen and oxygen atoms in total. The van der Waals surface area contributed by atoms with Crippen LogP contribution in [0, 0.1) is 0 Å². The van der Waals surface area contributed by atoms with Crippen LogP contribution in [0.25, 0.3) is 0 Å². The molecular weight excluding hydrogens is 560 g/mol. The van der Waals surface area contributed by atoms with Crippen molar-refractivity contribution in [2.75, 3.05) is 0 Å². The van der Waals surface area contributed by atoms with Gasteiger partial charge in [-0.2, -0.15) is 0 Å². The van der Waals surface area contributed by atoms with Gasteiger partial charge in [0.15, 0.2) is 0 Å². The number of phenols is 1. The second-order valence-electron chi connectivity index (χ2n) is 9.90. The van der Waals surface area contributed by atoms with Crippen LogP contribution in [-0.4, -0.2) is 79.1 Å². The summed E-state index contributed by atoms with van der Waals surface area (Å²) in [7, 11) is 0. The fraction of sp³-hybridized carbons (Fsp3) is 0.310. The third-order valence-corrected chi connectivity index (χ3v) is 6.52. The number of H-pyrrole nitrogens is 1. The number of hydrogen-bond donors (Lipinski definition) is 8. The summed E-state index contributed by atoms with van der Waals surface area (Å²) in [6, 6.07) is 9.81. The topological polar surface area (TPSA) is 237 Å². The molecule has 0 aliphatic carbocycles. The van der Waals surface area contributed by atoms with E-state index in [4.69, 9.17) is 5.73 Å². The zero-order valence-electron chi connectivity index (χ0n) is 23.1. The predicted molar refractivity (Wildman–Crippen MR) is 153 cm³/mol. The van der Waals surface area contributed by atoms with Gasteiger partial charge in [0.05, 0.1) is 12.4 Å². The van der Waals surface area contributed by atoms with E-state index >= 15 is 0 Å². The zero-order chi connectivity index (χ0) is 31.4. The molecule has 228 valence electrons. The highest BCUT2D eigenvalue weighted by molar-refractivity contribution is 5.94. The normalized spacial score (nSPS) is 13.6. The van der Waals surface area contributed by atoms with E-state index in [1.165, 1.54) is 24.7 Å². The Morgan fingerprint density at radius 1 is 0.767 bits per heavy atom. The first-order valence-electron chi connectivity index (χ1n) is 13.4. The van der Waals surface area contributed by atoms with Crippen molar-refractivity contribution in [3.8, 4) is 5.75 Å². The highest BCUT2D eigenvalue weighted by Crippen LogP contribution is 2.12. The van der Waals surface area contributed by atoms with E-state index in [2.05, 4.69) is 25.9 Å². The Bertz CT molecular complexity index is 1380. The standard InChI is InChI=1S/C29H34N6O8/c30-21(12-18-6-8-20(36)9-7-18)26(39)34-23(13-17-4-2-1-3-5-17)28(41)33-22(10-11-25(37)38)27(40)35-24(29(42)43)14-19-15-31-16-32-19/h1-9,15-16,21-24,36H,10-14,30H2,(H,31,32)(H,33,41)(H,34,39)(H,35,40)(H,37,38)(H,42,43). The van der Waals surface area contributed by atoms with Gasteiger partial charge in [-0.25, -0.2) is 9.78 Å². The third kappa shape index (κ3) is 10.6. The van der Waals surface area contributed by atoms with E-state index in [-0.39, 0.29) is 31.4 Å². The first kappa shape index (κ1) is 32.3. The molecule has 9 N–H and O–H groups in total. The lowest BCUT2D eigenvalue weighted by Crippen LogP contribution is -2.58. The number of aliphatic carboxylic acids is 2. The van der Waals surface area contributed by atoms with E-state index in [0.717, 1.165) is 0 Å². The molecule has 0 radical (unpaired) electrons. The summed E-state index contributed by atoms with van der Waals surface area (Å²) in [5, 5.41) is 35.8. The van der Waals surface area contributed by atoms with Crippen molar-refractivity contribution in [2.45, 2.75) is 56.3 Å². The van der Waals surface area contributed by atoms with Crippen LogP contribution in [0.15, 0.2) is 67.1 Å². The van der Waals surface area contributed by atoms with Gasteiger partial charge >= 0.3 is 11.9 Å². The van der Waals surface area contributed by atoms with Gasteiger partial charge in [-0.15, -0.1) is 0 Å². The number of carbonyl (C=O) groups is 5. The molecule has 3 rings (SSSR count). The Morgan fingerprint density at radius 3 is 1.98 bits per heavy atom. The second kappa shape index (κ2) is 15.7. The van der Waals surface area contributed by atoms with Gasteiger partial charge in [-0.3, -0.25) is 19.2 Å². The zero-order valence-corrected chi connectivity index (χ0v) is 23.1. The van der Waals surface area contributed by atoms with Crippen LogP contribution in [0.2, 0.25) is 0 Å². The monoisotopic (exact) mass is 594 g/mol. The van der Waals surface area contributed by atoms with Crippen molar-refractivity contribution in [1.82, 2.24) is 25.9 Å². The van der Waals surface area contributed by atoms with E-state index in [9.17, 15) is 39.3 Å². The molecule has 4 unspecified atom stereocenters. The number of hydrogen-bond acceptors (Lipinski definition) is 8. The number of nitrogens with one attached hydrogen (secondary N) is 4. The van der Waals surface area contributed by atoms with Crippen LogP contribution >= 0.6 is 0 Å². The van der Waals surface area contributed by atoms with Gasteiger partial charge in [0.25, 0.3) is 0 Å². The minimum atomic E-state index is -1.42. The molecule has 4 atom stereocenters. The number of nitrogens with zero attached hydrogens (tertiary/aromatic N) is 1. The van der Waals surface area contributed by atoms with Gasteiger partial charge in [0.1, 0.15) is 23.9 Å². The van der Waals surface area contributed by atoms with Crippen molar-refractivity contribution < 1.29 is 39.3 Å². The summed E-state index contributed by atoms with van der Waals surface area (Å²) in [6.07, 6.45) is 1.92. The van der Waals surface area contributed by atoms with Gasteiger partial charge in [-0.05, 0) is 36.1 Å². The molecule has 3 amide bonds. The molecule has 3 aromatic rings. The van der Waals surface area contributed by atoms with Gasteiger partial charge in [0, 0.05) is 31.2 Å². The number of carboxylic acid groups (broad SMARTS) is 2. The molecule has 0 spiro atoms. The van der Waals surface area contributed by atoms with Crippen molar-refractivity contribution in [3.63, 3.8) is 0 Å². The summed E-state index contributed by atoms with van der Waals surface area (Å²) in [5.41, 5.74) is 7.90. The number of carbonyl (C=O) groups excluding carboxylic acids is 3. The quantitative estimate of drug-likeness (QED) is 0.109. The molecule has 1 heterocycles. The molecule has 0 saturated carbocycles. The molecule has 0 aliphatic heterocycles. The van der Waals surface area contributed by atoms with Crippen LogP contribution < -0.4 is 21.7 Å². The van der Waals surface area contributed by atoms with Gasteiger partial charge in [-0.1, -0.05) is 42.5 Å². The maximum atomic E-state index is 13.5. The predicted octanol–water partition coefficient (Wildman–Crippen LogP) is -0.126. The summed E-state index contributed by atoms with van der Waals surface area (Å²) >= 11 is 0. The lowest BCUT2D eigenvalue weighted by Gasteiger charge is -2.25. The van der Waals surface area contributed by atoms with Crippen molar-refractivity contribution in [1.29, 1.82) is 0 Å². The van der Waals surface area contributed by atoms with Gasteiger partial charge in [0.2, 0.25) is 17.7 Å². The number of carboxylic acids is 2.